The molecule has 3 aromatic rings. The van der Waals surface area contributed by atoms with E-state index in [0.717, 1.165) is 11.2 Å². The third-order valence-corrected chi connectivity index (χ3v) is 8.54. The predicted octanol–water partition coefficient (Wildman–Crippen LogP) is 4.95. The smallest absolute Gasteiger partial charge is 0.270 e. The molecule has 1 aliphatic heterocycles. The van der Waals surface area contributed by atoms with Crippen molar-refractivity contribution in [3.8, 4) is 11.3 Å². The Labute approximate surface area is 187 Å². The van der Waals surface area contributed by atoms with Gasteiger partial charge in [0.15, 0.2) is 15.0 Å². The van der Waals surface area contributed by atoms with E-state index in [9.17, 15) is 22.9 Å². The largest absolute Gasteiger partial charge is 0.348 e. The van der Waals surface area contributed by atoms with Crippen molar-refractivity contribution in [3.05, 3.63) is 68.8 Å². The first kappa shape index (κ1) is 21.7. The number of aromatic nitrogens is 1. The number of sulfone groups is 1. The monoisotopic (exact) mass is 481 g/mol. The maximum atomic E-state index is 13.6. The van der Waals surface area contributed by atoms with Crippen LogP contribution in [0.3, 0.4) is 0 Å². The van der Waals surface area contributed by atoms with Gasteiger partial charge in [0.25, 0.3) is 5.69 Å². The first-order valence-corrected chi connectivity index (χ1v) is 12.2. The van der Waals surface area contributed by atoms with E-state index in [1.165, 1.54) is 41.7 Å². The zero-order valence-electron chi connectivity index (χ0n) is 16.1. The minimum Gasteiger partial charge on any atom is -0.348 e. The molecular formula is C20H17ClFN3O4S2. The highest BCUT2D eigenvalue weighted by Crippen LogP contribution is 2.33. The highest BCUT2D eigenvalue weighted by atomic mass is 35.5. The molecule has 0 N–H and O–H groups in total. The van der Waals surface area contributed by atoms with E-state index >= 15 is 0 Å². The van der Waals surface area contributed by atoms with E-state index in [1.807, 2.05) is 10.3 Å². The Morgan fingerprint density at radius 1 is 1.19 bits per heavy atom. The standard InChI is InChI=1S/C20H17ClFN3O4S2/c21-14-8-13(9-15(22)10-14)19-12-30-20(23-19)24-6-4-17(5-7-24)31(28,29)18-3-1-2-16(11-18)25(26)27/h1-3,8-12,17H,4-7H2. The van der Waals surface area contributed by atoms with Gasteiger partial charge in [-0.25, -0.2) is 17.8 Å². The summed E-state index contributed by atoms with van der Waals surface area (Å²) in [6.07, 6.45) is 0.761. The van der Waals surface area contributed by atoms with E-state index in [1.54, 1.807) is 6.07 Å². The van der Waals surface area contributed by atoms with Gasteiger partial charge in [0.1, 0.15) is 5.82 Å². The number of non-ortho nitro benzene ring substituents is 1. The number of nitro benzene ring substituents is 1. The number of anilines is 1. The number of nitrogens with zero attached hydrogens (tertiary/aromatic N) is 3. The fourth-order valence-electron chi connectivity index (χ4n) is 3.57. The van der Waals surface area contributed by atoms with Crippen LogP contribution in [-0.2, 0) is 9.84 Å². The summed E-state index contributed by atoms with van der Waals surface area (Å²) in [5.74, 6) is -0.441. The van der Waals surface area contributed by atoms with E-state index in [0.29, 0.717) is 37.2 Å². The zero-order valence-corrected chi connectivity index (χ0v) is 18.5. The summed E-state index contributed by atoms with van der Waals surface area (Å²) in [6, 6.07) is 9.39. The van der Waals surface area contributed by atoms with Crippen LogP contribution in [0.5, 0.6) is 0 Å². The van der Waals surface area contributed by atoms with Crippen LogP contribution in [0.15, 0.2) is 52.7 Å². The number of benzene rings is 2. The van der Waals surface area contributed by atoms with Crippen molar-refractivity contribution in [2.75, 3.05) is 18.0 Å². The molecule has 162 valence electrons. The molecule has 0 saturated carbocycles. The van der Waals surface area contributed by atoms with Crippen molar-refractivity contribution in [1.82, 2.24) is 4.98 Å². The fraction of sp³-hybridized carbons (Fsp3) is 0.250. The Balaban J connectivity index is 1.47. The average molecular weight is 482 g/mol. The zero-order chi connectivity index (χ0) is 22.2. The van der Waals surface area contributed by atoms with Crippen molar-refractivity contribution < 1.29 is 17.7 Å². The number of hydrogen-bond acceptors (Lipinski definition) is 7. The number of nitro groups is 1. The average Bonchev–Trinajstić information content (AvgIpc) is 3.24. The Morgan fingerprint density at radius 3 is 2.61 bits per heavy atom. The lowest BCUT2D eigenvalue weighted by Gasteiger charge is -2.31. The molecule has 0 bridgehead atoms. The summed E-state index contributed by atoms with van der Waals surface area (Å²) < 4.78 is 39.5. The lowest BCUT2D eigenvalue weighted by Crippen LogP contribution is -2.39. The van der Waals surface area contributed by atoms with Crippen molar-refractivity contribution in [3.63, 3.8) is 0 Å². The first-order chi connectivity index (χ1) is 14.7. The summed E-state index contributed by atoms with van der Waals surface area (Å²) in [5, 5.41) is 13.2. The Morgan fingerprint density at radius 2 is 1.94 bits per heavy atom. The maximum absolute atomic E-state index is 13.6. The molecule has 0 spiro atoms. The van der Waals surface area contributed by atoms with Gasteiger partial charge in [0.05, 0.1) is 20.8 Å². The van der Waals surface area contributed by atoms with Gasteiger partial charge in [-0.05, 0) is 37.1 Å². The Hall–Kier alpha value is -2.56. The molecule has 1 saturated heterocycles. The lowest BCUT2D eigenvalue weighted by molar-refractivity contribution is -0.385. The van der Waals surface area contributed by atoms with Crippen LogP contribution < -0.4 is 4.90 Å². The highest BCUT2D eigenvalue weighted by Gasteiger charge is 2.33. The molecule has 0 unspecified atom stereocenters. The van der Waals surface area contributed by atoms with E-state index in [4.69, 9.17) is 11.6 Å². The quantitative estimate of drug-likeness (QED) is 0.378. The molecule has 1 fully saturated rings. The molecule has 0 atom stereocenters. The Bertz CT molecular complexity index is 1220. The molecule has 11 heteroatoms. The number of rotatable bonds is 5. The van der Waals surface area contributed by atoms with Crippen molar-refractivity contribution in [2.24, 2.45) is 0 Å². The van der Waals surface area contributed by atoms with Crippen LogP contribution in [0, 0.1) is 15.9 Å². The summed E-state index contributed by atoms with van der Waals surface area (Å²) in [5.41, 5.74) is 0.939. The summed E-state index contributed by atoms with van der Waals surface area (Å²) >= 11 is 7.32. The van der Waals surface area contributed by atoms with Gasteiger partial charge in [-0.2, -0.15) is 0 Å². The molecule has 2 aromatic carbocycles. The SMILES string of the molecule is O=[N+]([O-])c1cccc(S(=O)(=O)C2CCN(c3nc(-c4cc(F)cc(Cl)c4)cs3)CC2)c1. The first-order valence-electron chi connectivity index (χ1n) is 9.39. The van der Waals surface area contributed by atoms with Crippen molar-refractivity contribution in [2.45, 2.75) is 23.0 Å². The van der Waals surface area contributed by atoms with Crippen LogP contribution in [0.1, 0.15) is 12.8 Å². The van der Waals surface area contributed by atoms with Crippen LogP contribution in [0.4, 0.5) is 15.2 Å². The molecule has 31 heavy (non-hydrogen) atoms. The van der Waals surface area contributed by atoms with Gasteiger partial charge in [-0.15, -0.1) is 11.3 Å². The second kappa shape index (κ2) is 8.52. The van der Waals surface area contributed by atoms with Gasteiger partial charge in [0, 0.05) is 41.2 Å². The molecule has 0 amide bonds. The highest BCUT2D eigenvalue weighted by molar-refractivity contribution is 7.92. The minimum absolute atomic E-state index is 0.0281. The third kappa shape index (κ3) is 4.56. The van der Waals surface area contributed by atoms with Gasteiger partial charge in [-0.1, -0.05) is 17.7 Å². The molecule has 1 aliphatic rings. The van der Waals surface area contributed by atoms with Crippen LogP contribution >= 0.6 is 22.9 Å². The fourth-order valence-corrected chi connectivity index (χ4v) is 6.45. The molecule has 0 aliphatic carbocycles. The normalized spacial score (nSPS) is 15.2. The van der Waals surface area contributed by atoms with E-state index < -0.39 is 25.8 Å². The molecule has 7 nitrogen and oxygen atoms in total. The predicted molar refractivity (Wildman–Crippen MR) is 118 cm³/mol. The van der Waals surface area contributed by atoms with Crippen molar-refractivity contribution in [1.29, 1.82) is 0 Å². The van der Waals surface area contributed by atoms with E-state index in [-0.39, 0.29) is 15.6 Å². The van der Waals surface area contributed by atoms with Crippen LogP contribution in [-0.4, -0.2) is 36.7 Å². The second-order valence-corrected chi connectivity index (χ2v) is 10.7. The maximum Gasteiger partial charge on any atom is 0.270 e. The summed E-state index contributed by atoms with van der Waals surface area (Å²) in [6.45, 7) is 0.964. The number of piperidine rings is 1. The van der Waals surface area contributed by atoms with Gasteiger partial charge >= 0.3 is 0 Å². The lowest BCUT2D eigenvalue weighted by atomic mass is 10.1. The van der Waals surface area contributed by atoms with Crippen LogP contribution in [0.2, 0.25) is 5.02 Å². The minimum atomic E-state index is -3.68. The van der Waals surface area contributed by atoms with E-state index in [2.05, 4.69) is 4.98 Å². The van der Waals surface area contributed by atoms with Crippen molar-refractivity contribution >= 4 is 43.6 Å². The summed E-state index contributed by atoms with van der Waals surface area (Å²) in [7, 11) is -3.68. The van der Waals surface area contributed by atoms with Gasteiger partial charge in [0.2, 0.25) is 0 Å². The van der Waals surface area contributed by atoms with Gasteiger partial charge < -0.3 is 4.90 Å². The molecule has 4 rings (SSSR count). The van der Waals surface area contributed by atoms with Crippen LogP contribution in [0.25, 0.3) is 11.3 Å². The molecular weight excluding hydrogens is 465 g/mol. The number of halogens is 2. The Kier molecular flexibility index (Phi) is 5.96. The second-order valence-electron chi connectivity index (χ2n) is 7.16. The molecule has 0 radical (unpaired) electrons. The molecule has 2 heterocycles. The topological polar surface area (TPSA) is 93.4 Å². The number of hydrogen-bond donors (Lipinski definition) is 0. The third-order valence-electron chi connectivity index (χ3n) is 5.16. The summed E-state index contributed by atoms with van der Waals surface area (Å²) in [4.78, 5) is 16.9. The van der Waals surface area contributed by atoms with Gasteiger partial charge in [-0.3, -0.25) is 10.1 Å². The molecule has 1 aromatic heterocycles. The number of thiazole rings is 1.